The predicted octanol–water partition coefficient (Wildman–Crippen LogP) is 3.40. The van der Waals surface area contributed by atoms with Crippen molar-refractivity contribution in [1.29, 1.82) is 0 Å². The number of thiophene rings is 2. The summed E-state index contributed by atoms with van der Waals surface area (Å²) < 4.78 is 4.41. The van der Waals surface area contributed by atoms with E-state index < -0.39 is 0 Å². The average Bonchev–Trinajstić information content (AvgIpc) is 3.14. The normalized spacial score (nSPS) is 11.1. The number of hydrogen-bond donors (Lipinski definition) is 0. The molecule has 2 heterocycles. The fraction of sp³-hybridized carbons (Fsp3) is 0. The minimum absolute atomic E-state index is 0.0777. The number of rotatable bonds is 4. The molecular weight excluding hydrogens is 391 g/mol. The van der Waals surface area contributed by atoms with E-state index in [1.165, 1.54) is 22.7 Å². The summed E-state index contributed by atoms with van der Waals surface area (Å²) in [6, 6.07) is 16.2. The Labute approximate surface area is 146 Å². The SMILES string of the molecule is O=Cc1sc2ccccc2c1[Se]c1c(C=O)sc2ccccc12. The maximum atomic E-state index is 11.5. The van der Waals surface area contributed by atoms with E-state index in [0.29, 0.717) is 0 Å². The van der Waals surface area contributed by atoms with Crippen molar-refractivity contribution >= 4 is 79.3 Å². The number of carbonyl (C=O) groups is 2. The van der Waals surface area contributed by atoms with Crippen LogP contribution in [0.5, 0.6) is 0 Å². The molecule has 0 atom stereocenters. The van der Waals surface area contributed by atoms with Crippen LogP contribution in [-0.4, -0.2) is 27.5 Å². The maximum absolute atomic E-state index is 11.5. The molecular formula is C18H10O2S2Se. The number of aldehydes is 2. The molecule has 2 nitrogen and oxygen atoms in total. The molecule has 112 valence electrons. The third kappa shape index (κ3) is 2.46. The summed E-state index contributed by atoms with van der Waals surface area (Å²) in [5.74, 6) is 0. The van der Waals surface area contributed by atoms with Gasteiger partial charge in [-0.3, -0.25) is 0 Å². The van der Waals surface area contributed by atoms with Crippen molar-refractivity contribution in [3.05, 3.63) is 58.3 Å². The van der Waals surface area contributed by atoms with Crippen molar-refractivity contribution in [2.75, 3.05) is 0 Å². The second-order valence-corrected chi connectivity index (χ2v) is 9.23. The molecule has 0 amide bonds. The van der Waals surface area contributed by atoms with Gasteiger partial charge >= 0.3 is 147 Å². The summed E-state index contributed by atoms with van der Waals surface area (Å²) in [5.41, 5.74) is 0. The van der Waals surface area contributed by atoms with Crippen molar-refractivity contribution in [2.45, 2.75) is 0 Å². The standard InChI is InChI=1S/C18H10O2S2Se/c19-9-15-17(11-5-1-3-7-13(11)21-15)23-18-12-6-2-4-8-14(12)22-16(18)10-20/h1-10H. The van der Waals surface area contributed by atoms with E-state index in [1.54, 1.807) is 0 Å². The fourth-order valence-electron chi connectivity index (χ4n) is 2.55. The topological polar surface area (TPSA) is 34.1 Å². The van der Waals surface area contributed by atoms with Gasteiger partial charge < -0.3 is 0 Å². The van der Waals surface area contributed by atoms with E-state index in [1.807, 2.05) is 36.4 Å². The van der Waals surface area contributed by atoms with Gasteiger partial charge in [0.1, 0.15) is 0 Å². The molecule has 0 aliphatic carbocycles. The van der Waals surface area contributed by atoms with Crippen LogP contribution in [0.15, 0.2) is 48.5 Å². The Hall–Kier alpha value is -1.78. The van der Waals surface area contributed by atoms with Gasteiger partial charge in [-0.05, 0) is 0 Å². The molecule has 2 aromatic heterocycles. The molecule has 0 aliphatic heterocycles. The van der Waals surface area contributed by atoms with Gasteiger partial charge in [-0.25, -0.2) is 0 Å². The summed E-state index contributed by atoms with van der Waals surface area (Å²) in [6.07, 6.45) is 1.88. The fourth-order valence-corrected chi connectivity index (χ4v) is 7.89. The molecule has 0 bridgehead atoms. The Morgan fingerprint density at radius 3 is 1.57 bits per heavy atom. The van der Waals surface area contributed by atoms with E-state index in [9.17, 15) is 9.59 Å². The van der Waals surface area contributed by atoms with Crippen molar-refractivity contribution in [1.82, 2.24) is 0 Å². The van der Waals surface area contributed by atoms with Crippen LogP contribution >= 0.6 is 22.7 Å². The van der Waals surface area contributed by atoms with Crippen molar-refractivity contribution in [2.24, 2.45) is 0 Å². The molecule has 0 unspecified atom stereocenters. The second-order valence-electron chi connectivity index (χ2n) is 4.92. The van der Waals surface area contributed by atoms with Gasteiger partial charge in [0, 0.05) is 0 Å². The van der Waals surface area contributed by atoms with Crippen LogP contribution in [0.2, 0.25) is 0 Å². The average molecular weight is 401 g/mol. The zero-order valence-electron chi connectivity index (χ0n) is 11.8. The molecule has 0 spiro atoms. The predicted molar refractivity (Wildman–Crippen MR) is 99.4 cm³/mol. The Bertz CT molecular complexity index is 962. The van der Waals surface area contributed by atoms with Gasteiger partial charge in [0.15, 0.2) is 0 Å². The number of benzene rings is 2. The molecule has 0 saturated heterocycles. The van der Waals surface area contributed by atoms with Crippen LogP contribution < -0.4 is 8.92 Å². The van der Waals surface area contributed by atoms with Crippen molar-refractivity contribution in [3.63, 3.8) is 0 Å². The monoisotopic (exact) mass is 402 g/mol. The van der Waals surface area contributed by atoms with Gasteiger partial charge in [0.2, 0.25) is 0 Å². The molecule has 0 N–H and O–H groups in total. The van der Waals surface area contributed by atoms with E-state index in [-0.39, 0.29) is 15.0 Å². The molecule has 23 heavy (non-hydrogen) atoms. The van der Waals surface area contributed by atoms with Crippen LogP contribution in [-0.2, 0) is 0 Å². The molecule has 4 aromatic rings. The Kier molecular flexibility index (Phi) is 3.87. The molecule has 0 radical (unpaired) electrons. The first-order chi connectivity index (χ1) is 11.3. The first-order valence-electron chi connectivity index (χ1n) is 6.93. The zero-order chi connectivity index (χ0) is 15.8. The van der Waals surface area contributed by atoms with Gasteiger partial charge in [0.05, 0.1) is 0 Å². The number of hydrogen-bond acceptors (Lipinski definition) is 4. The Balaban J connectivity index is 1.95. The molecule has 4 rings (SSSR count). The molecule has 5 heteroatoms. The van der Waals surface area contributed by atoms with Crippen molar-refractivity contribution < 1.29 is 9.59 Å². The van der Waals surface area contributed by atoms with Gasteiger partial charge in [0.25, 0.3) is 0 Å². The summed E-state index contributed by atoms with van der Waals surface area (Å²) in [7, 11) is 0. The third-order valence-electron chi connectivity index (χ3n) is 3.57. The zero-order valence-corrected chi connectivity index (χ0v) is 15.2. The van der Waals surface area contributed by atoms with Crippen LogP contribution in [0.3, 0.4) is 0 Å². The van der Waals surface area contributed by atoms with Crippen LogP contribution in [0.1, 0.15) is 19.3 Å². The van der Waals surface area contributed by atoms with E-state index in [4.69, 9.17) is 0 Å². The van der Waals surface area contributed by atoms with E-state index in [0.717, 1.165) is 51.4 Å². The first kappa shape index (κ1) is 14.8. The summed E-state index contributed by atoms with van der Waals surface area (Å²) in [6.45, 7) is 0. The quantitative estimate of drug-likeness (QED) is 0.388. The summed E-state index contributed by atoms with van der Waals surface area (Å²) in [4.78, 5) is 24.5. The number of fused-ring (bicyclic) bond motifs is 2. The Morgan fingerprint density at radius 1 is 0.696 bits per heavy atom. The van der Waals surface area contributed by atoms with Crippen LogP contribution in [0.4, 0.5) is 0 Å². The Morgan fingerprint density at radius 2 is 1.13 bits per heavy atom. The number of carbonyl (C=O) groups excluding carboxylic acids is 2. The van der Waals surface area contributed by atoms with Gasteiger partial charge in [-0.1, -0.05) is 0 Å². The van der Waals surface area contributed by atoms with Gasteiger partial charge in [-0.2, -0.15) is 0 Å². The molecule has 0 fully saturated rings. The summed E-state index contributed by atoms with van der Waals surface area (Å²) >= 11 is 2.98. The van der Waals surface area contributed by atoms with Crippen molar-refractivity contribution in [3.8, 4) is 0 Å². The molecule has 2 aromatic carbocycles. The van der Waals surface area contributed by atoms with E-state index in [2.05, 4.69) is 12.1 Å². The molecule has 0 saturated carbocycles. The minimum atomic E-state index is -0.0777. The molecule has 0 aliphatic rings. The first-order valence-corrected chi connectivity index (χ1v) is 10.3. The second kappa shape index (κ2) is 6.02. The summed E-state index contributed by atoms with van der Waals surface area (Å²) in [5, 5.41) is 2.26. The van der Waals surface area contributed by atoms with Crippen LogP contribution in [0.25, 0.3) is 20.2 Å². The van der Waals surface area contributed by atoms with Gasteiger partial charge in [-0.15, -0.1) is 0 Å². The van der Waals surface area contributed by atoms with Crippen LogP contribution in [0, 0.1) is 0 Å². The third-order valence-corrected chi connectivity index (χ3v) is 9.05. The van der Waals surface area contributed by atoms with E-state index >= 15 is 0 Å².